The Kier molecular flexibility index (Phi) is 7.71. The Balaban J connectivity index is 2.51. The van der Waals surface area contributed by atoms with Gasteiger partial charge in [-0.3, -0.25) is 28.4 Å². The molecule has 0 saturated heterocycles. The summed E-state index contributed by atoms with van der Waals surface area (Å²) in [7, 11) is 1.51. The van der Waals surface area contributed by atoms with E-state index in [0.29, 0.717) is 0 Å². The third-order valence-electron chi connectivity index (χ3n) is 4.95. The molecule has 30 heavy (non-hydrogen) atoms. The molecule has 9 heteroatoms. The fourth-order valence-corrected chi connectivity index (χ4v) is 3.12. The Morgan fingerprint density at radius 2 is 1.73 bits per heavy atom. The molecule has 0 aliphatic carbocycles. The molecule has 0 atom stereocenters. The number of carbonyl (C=O) groups excluding carboxylic acids is 2. The number of nitrogens with zero attached hydrogens (tertiary/aromatic N) is 3. The standard InChI is InChI=1S/C21H29N5O4/c1-5-25-20(29)18(16(27)12-24(14(2)3)13-17(28)23-4)19(22)26(21(25)30)11-15-9-7-6-8-10-15/h6-10,14H,5,11-13,22H2,1-4H3,(H,23,28). The number of carbonyl (C=O) groups is 2. The van der Waals surface area contributed by atoms with Crippen molar-refractivity contribution in [2.24, 2.45) is 0 Å². The number of aromatic nitrogens is 2. The minimum absolute atomic E-state index is 0.00539. The molecule has 0 spiro atoms. The SMILES string of the molecule is CCn1c(=O)c(C(=O)CN(CC(=O)NC)C(C)C)c(N)n(Cc2ccccc2)c1=O. The van der Waals surface area contributed by atoms with E-state index in [0.717, 1.165) is 10.1 Å². The molecule has 2 aromatic rings. The Hall–Kier alpha value is -3.20. The van der Waals surface area contributed by atoms with Crippen LogP contribution in [0, 0.1) is 0 Å². The van der Waals surface area contributed by atoms with Crippen LogP contribution < -0.4 is 22.3 Å². The van der Waals surface area contributed by atoms with E-state index >= 15 is 0 Å². The van der Waals surface area contributed by atoms with Crippen molar-refractivity contribution >= 4 is 17.5 Å². The highest BCUT2D eigenvalue weighted by Gasteiger charge is 2.25. The summed E-state index contributed by atoms with van der Waals surface area (Å²) in [6.45, 7) is 5.44. The van der Waals surface area contributed by atoms with E-state index in [-0.39, 0.29) is 49.5 Å². The van der Waals surface area contributed by atoms with Crippen molar-refractivity contribution in [3.05, 3.63) is 62.3 Å². The number of ketones is 1. The second-order valence-corrected chi connectivity index (χ2v) is 7.26. The van der Waals surface area contributed by atoms with Gasteiger partial charge in [-0.15, -0.1) is 0 Å². The van der Waals surface area contributed by atoms with Gasteiger partial charge in [-0.1, -0.05) is 30.3 Å². The first-order valence-electron chi connectivity index (χ1n) is 9.86. The molecule has 0 aliphatic heterocycles. The summed E-state index contributed by atoms with van der Waals surface area (Å²) >= 11 is 0. The van der Waals surface area contributed by atoms with Crippen LogP contribution >= 0.6 is 0 Å². The second kappa shape index (κ2) is 10.0. The summed E-state index contributed by atoms with van der Waals surface area (Å²) < 4.78 is 2.25. The van der Waals surface area contributed by atoms with Crippen molar-refractivity contribution in [1.29, 1.82) is 0 Å². The van der Waals surface area contributed by atoms with Crippen molar-refractivity contribution in [3.8, 4) is 0 Å². The Bertz CT molecular complexity index is 1020. The van der Waals surface area contributed by atoms with Crippen molar-refractivity contribution < 1.29 is 9.59 Å². The van der Waals surface area contributed by atoms with E-state index in [4.69, 9.17) is 5.73 Å². The van der Waals surface area contributed by atoms with E-state index in [2.05, 4.69) is 5.32 Å². The van der Waals surface area contributed by atoms with Crippen LogP contribution in [-0.4, -0.2) is 51.9 Å². The van der Waals surface area contributed by atoms with Crippen LogP contribution in [0.3, 0.4) is 0 Å². The van der Waals surface area contributed by atoms with Gasteiger partial charge in [-0.2, -0.15) is 0 Å². The fraction of sp³-hybridized carbons (Fsp3) is 0.429. The van der Waals surface area contributed by atoms with Gasteiger partial charge in [0.2, 0.25) is 5.91 Å². The van der Waals surface area contributed by atoms with Crippen molar-refractivity contribution in [1.82, 2.24) is 19.4 Å². The van der Waals surface area contributed by atoms with Gasteiger partial charge in [-0.25, -0.2) is 4.79 Å². The lowest BCUT2D eigenvalue weighted by atomic mass is 10.1. The lowest BCUT2D eigenvalue weighted by Crippen LogP contribution is -2.47. The highest BCUT2D eigenvalue weighted by atomic mass is 16.2. The molecule has 1 heterocycles. The number of nitrogen functional groups attached to an aromatic ring is 1. The Morgan fingerprint density at radius 3 is 2.27 bits per heavy atom. The number of likely N-dealkylation sites (N-methyl/N-ethyl adjacent to an activating group) is 1. The van der Waals surface area contributed by atoms with Crippen LogP contribution in [0.25, 0.3) is 0 Å². The van der Waals surface area contributed by atoms with Crippen LogP contribution in [0.5, 0.6) is 0 Å². The predicted molar refractivity (Wildman–Crippen MR) is 116 cm³/mol. The van der Waals surface area contributed by atoms with E-state index in [9.17, 15) is 19.2 Å². The highest BCUT2D eigenvalue weighted by Crippen LogP contribution is 2.11. The lowest BCUT2D eigenvalue weighted by molar-refractivity contribution is -0.122. The molecule has 1 aromatic carbocycles. The van der Waals surface area contributed by atoms with Crippen molar-refractivity contribution in [2.75, 3.05) is 25.9 Å². The van der Waals surface area contributed by atoms with Crippen LogP contribution in [0.1, 0.15) is 36.7 Å². The number of hydrogen-bond donors (Lipinski definition) is 2. The van der Waals surface area contributed by atoms with Gasteiger partial charge in [0.15, 0.2) is 5.78 Å². The van der Waals surface area contributed by atoms with E-state index in [1.54, 1.807) is 11.8 Å². The maximum absolute atomic E-state index is 13.1. The van der Waals surface area contributed by atoms with Gasteiger partial charge in [0.05, 0.1) is 19.6 Å². The van der Waals surface area contributed by atoms with Crippen LogP contribution in [-0.2, 0) is 17.9 Å². The first kappa shape index (κ1) is 23.1. The largest absolute Gasteiger partial charge is 0.384 e. The number of anilines is 1. The monoisotopic (exact) mass is 415 g/mol. The highest BCUT2D eigenvalue weighted by molar-refractivity contribution is 6.01. The summed E-state index contributed by atoms with van der Waals surface area (Å²) in [6, 6.07) is 9.06. The molecule has 2 rings (SSSR count). The first-order valence-corrected chi connectivity index (χ1v) is 9.86. The van der Waals surface area contributed by atoms with E-state index in [1.807, 2.05) is 44.2 Å². The third-order valence-corrected chi connectivity index (χ3v) is 4.95. The minimum Gasteiger partial charge on any atom is -0.384 e. The number of amides is 1. The average molecular weight is 415 g/mol. The molecule has 0 saturated carbocycles. The zero-order chi connectivity index (χ0) is 22.4. The van der Waals surface area contributed by atoms with E-state index < -0.39 is 17.0 Å². The topological polar surface area (TPSA) is 119 Å². The van der Waals surface area contributed by atoms with E-state index in [1.165, 1.54) is 11.6 Å². The number of rotatable bonds is 9. The van der Waals surface area contributed by atoms with Gasteiger partial charge < -0.3 is 11.1 Å². The van der Waals surface area contributed by atoms with Gasteiger partial charge >= 0.3 is 5.69 Å². The Labute approximate surface area is 175 Å². The Morgan fingerprint density at radius 1 is 1.10 bits per heavy atom. The van der Waals surface area contributed by atoms with Crippen LogP contribution in [0.4, 0.5) is 5.82 Å². The number of Topliss-reactive ketones (excluding diaryl/α,β-unsaturated/α-hetero) is 1. The molecule has 3 N–H and O–H groups in total. The zero-order valence-electron chi connectivity index (χ0n) is 17.8. The molecule has 0 fully saturated rings. The maximum Gasteiger partial charge on any atom is 0.332 e. The molecule has 0 aliphatic rings. The summed E-state index contributed by atoms with van der Waals surface area (Å²) in [6.07, 6.45) is 0. The summed E-state index contributed by atoms with van der Waals surface area (Å²) in [5.41, 5.74) is 5.48. The number of nitrogens with two attached hydrogens (primary N) is 1. The molecular weight excluding hydrogens is 386 g/mol. The molecular formula is C21H29N5O4. The van der Waals surface area contributed by atoms with Crippen molar-refractivity contribution in [3.63, 3.8) is 0 Å². The second-order valence-electron chi connectivity index (χ2n) is 7.26. The number of benzene rings is 1. The van der Waals surface area contributed by atoms with Gasteiger partial charge in [0.25, 0.3) is 5.56 Å². The first-order chi connectivity index (χ1) is 14.2. The molecule has 0 bridgehead atoms. The molecule has 162 valence electrons. The smallest absolute Gasteiger partial charge is 0.332 e. The molecule has 1 amide bonds. The molecule has 1 aromatic heterocycles. The summed E-state index contributed by atoms with van der Waals surface area (Å²) in [5.74, 6) is -0.934. The average Bonchev–Trinajstić information content (AvgIpc) is 2.71. The van der Waals surface area contributed by atoms with Gasteiger partial charge in [0.1, 0.15) is 11.4 Å². The molecule has 9 nitrogen and oxygen atoms in total. The predicted octanol–water partition coefficient (Wildman–Crippen LogP) is 0.300. The maximum atomic E-state index is 13.1. The normalized spacial score (nSPS) is 11.1. The minimum atomic E-state index is -0.710. The summed E-state index contributed by atoms with van der Waals surface area (Å²) in [4.78, 5) is 52.2. The summed E-state index contributed by atoms with van der Waals surface area (Å²) in [5, 5.41) is 2.52. The third kappa shape index (κ3) is 5.04. The lowest BCUT2D eigenvalue weighted by Gasteiger charge is -2.25. The fourth-order valence-electron chi connectivity index (χ4n) is 3.12. The zero-order valence-corrected chi connectivity index (χ0v) is 17.8. The van der Waals surface area contributed by atoms with Gasteiger partial charge in [-0.05, 0) is 26.3 Å². The van der Waals surface area contributed by atoms with Gasteiger partial charge in [0, 0.05) is 19.6 Å². The van der Waals surface area contributed by atoms with Crippen molar-refractivity contribution in [2.45, 2.75) is 39.9 Å². The number of hydrogen-bond acceptors (Lipinski definition) is 6. The van der Waals surface area contributed by atoms with Crippen LogP contribution in [0.2, 0.25) is 0 Å². The van der Waals surface area contributed by atoms with Crippen LogP contribution in [0.15, 0.2) is 39.9 Å². The molecule has 0 unspecified atom stereocenters. The quantitative estimate of drug-likeness (QED) is 0.569. The number of nitrogens with one attached hydrogen (secondary N) is 1. The molecule has 0 radical (unpaired) electrons.